The Morgan fingerprint density at radius 3 is 1.10 bits per heavy atom. The fourth-order valence-electron chi connectivity index (χ4n) is 4.58. The second-order valence-corrected chi connectivity index (χ2v) is 21.0. The first-order valence-electron chi connectivity index (χ1n) is 12.7. The molecule has 0 radical (unpaired) electrons. The first-order chi connectivity index (χ1) is 20.2. The molecule has 0 fully saturated rings. The van der Waals surface area contributed by atoms with Crippen molar-refractivity contribution < 1.29 is 14.3 Å². The van der Waals surface area contributed by atoms with E-state index in [-0.39, 0.29) is 52.5 Å². The molecule has 2 heterocycles. The van der Waals surface area contributed by atoms with Crippen molar-refractivity contribution in [3.8, 4) is 0 Å². The van der Waals surface area contributed by atoms with Gasteiger partial charge in [-0.25, -0.2) is 0 Å². The molecule has 0 saturated heterocycles. The molecule has 0 bridgehead atoms. The van der Waals surface area contributed by atoms with Gasteiger partial charge in [0.15, 0.2) is 0 Å². The SMILES string of the molecule is O=C(OC(=O)C1=C(c2ccccc2)C(c2ccccc2)=C[Se][Se]1)C1=C(c2ccccc2)C(c2ccccc2)=C[Se][Se]1. The Kier molecular flexibility index (Phi) is 9.18. The van der Waals surface area contributed by atoms with Gasteiger partial charge in [0.1, 0.15) is 0 Å². The number of rotatable bonds is 6. The molecule has 41 heavy (non-hydrogen) atoms. The Labute approximate surface area is 261 Å². The van der Waals surface area contributed by atoms with E-state index in [1.807, 2.05) is 97.1 Å². The summed E-state index contributed by atoms with van der Waals surface area (Å²) in [5.74, 6) is -1.03. The number of carbonyl (C=O) groups is 2. The van der Waals surface area contributed by atoms with Gasteiger partial charge in [-0.15, -0.1) is 0 Å². The van der Waals surface area contributed by atoms with Crippen molar-refractivity contribution in [3.63, 3.8) is 0 Å². The van der Waals surface area contributed by atoms with Crippen LogP contribution in [0.25, 0.3) is 22.3 Å². The third-order valence-electron chi connectivity index (χ3n) is 6.44. The summed E-state index contributed by atoms with van der Waals surface area (Å²) < 4.78 is 7.07. The fraction of sp³-hybridized carbons (Fsp3) is 0. The second-order valence-electron chi connectivity index (χ2n) is 8.97. The molecule has 0 amide bonds. The van der Waals surface area contributed by atoms with Crippen LogP contribution >= 0.6 is 0 Å². The fourth-order valence-corrected chi connectivity index (χ4v) is 17.0. The summed E-state index contributed by atoms with van der Waals surface area (Å²) in [6.07, 6.45) is 0. The zero-order chi connectivity index (χ0) is 28.0. The van der Waals surface area contributed by atoms with Gasteiger partial charge in [0.25, 0.3) is 0 Å². The van der Waals surface area contributed by atoms with Crippen LogP contribution in [-0.4, -0.2) is 64.5 Å². The molecular weight excluding hydrogens is 772 g/mol. The summed E-state index contributed by atoms with van der Waals surface area (Å²) in [4.78, 5) is 32.3. The van der Waals surface area contributed by atoms with Crippen LogP contribution < -0.4 is 0 Å². The number of benzene rings is 4. The van der Waals surface area contributed by atoms with Gasteiger partial charge in [-0.1, -0.05) is 0 Å². The molecule has 200 valence electrons. The number of carbonyl (C=O) groups excluding carboxylic acids is 2. The summed E-state index contributed by atoms with van der Waals surface area (Å²) in [5, 5.41) is 0. The topological polar surface area (TPSA) is 43.4 Å². The molecule has 7 heteroatoms. The Hall–Kier alpha value is -2.94. The van der Waals surface area contributed by atoms with E-state index in [1.165, 1.54) is 0 Å². The molecule has 3 nitrogen and oxygen atoms in total. The van der Waals surface area contributed by atoms with Crippen molar-refractivity contribution in [1.82, 2.24) is 0 Å². The summed E-state index contributed by atoms with van der Waals surface area (Å²) in [5.41, 5.74) is 7.87. The van der Waals surface area contributed by atoms with Gasteiger partial charge in [-0.2, -0.15) is 0 Å². The summed E-state index contributed by atoms with van der Waals surface area (Å²) in [7, 11) is 0. The van der Waals surface area contributed by atoms with Crippen molar-refractivity contribution in [2.75, 3.05) is 0 Å². The predicted molar refractivity (Wildman–Crippen MR) is 170 cm³/mol. The van der Waals surface area contributed by atoms with Gasteiger partial charge in [0, 0.05) is 0 Å². The van der Waals surface area contributed by atoms with Crippen LogP contribution in [0.1, 0.15) is 22.3 Å². The Bertz CT molecular complexity index is 1580. The number of esters is 2. The van der Waals surface area contributed by atoms with Gasteiger partial charge in [-0.3, -0.25) is 0 Å². The Balaban J connectivity index is 1.41. The van der Waals surface area contributed by atoms with Gasteiger partial charge in [0.2, 0.25) is 0 Å². The number of allylic oxidation sites excluding steroid dienone is 4. The number of hydrogen-bond acceptors (Lipinski definition) is 3. The molecule has 2 aliphatic rings. The standard InChI is InChI=1S/C34H22O3Se4/c35-33(31-29(25-17-9-3-10-18-25)27(21-38-40-31)23-13-5-1-6-14-23)37-34(36)32-30(26-19-11-4-12-20-26)28(22-39-41-32)24-15-7-2-8-16-24/h1-22H. The molecule has 4 aromatic rings. The molecule has 0 spiro atoms. The van der Waals surface area contributed by atoms with Gasteiger partial charge >= 0.3 is 264 Å². The van der Waals surface area contributed by atoms with Crippen molar-refractivity contribution in [1.29, 1.82) is 0 Å². The summed E-state index contributed by atoms with van der Waals surface area (Å²) in [6, 6.07) is 40.2. The maximum atomic E-state index is 13.9. The van der Waals surface area contributed by atoms with Crippen LogP contribution in [0.3, 0.4) is 0 Å². The quantitative estimate of drug-likeness (QED) is 0.145. The van der Waals surface area contributed by atoms with E-state index in [9.17, 15) is 9.59 Å². The van der Waals surface area contributed by atoms with Crippen LogP contribution in [0.15, 0.2) is 140 Å². The van der Waals surface area contributed by atoms with E-state index in [2.05, 4.69) is 34.2 Å². The first-order valence-corrected chi connectivity index (χ1v) is 25.1. The average molecular weight is 794 g/mol. The first kappa shape index (κ1) is 28.2. The molecule has 0 unspecified atom stereocenters. The average Bonchev–Trinajstić information content (AvgIpc) is 3.05. The molecule has 0 aliphatic carbocycles. The Morgan fingerprint density at radius 1 is 0.439 bits per heavy atom. The minimum atomic E-state index is -0.517. The van der Waals surface area contributed by atoms with Gasteiger partial charge in [-0.05, 0) is 0 Å². The zero-order valence-electron chi connectivity index (χ0n) is 21.6. The van der Waals surface area contributed by atoms with Gasteiger partial charge in [0.05, 0.1) is 0 Å². The molecule has 4 aromatic carbocycles. The van der Waals surface area contributed by atoms with E-state index in [4.69, 9.17) is 4.74 Å². The van der Waals surface area contributed by atoms with Crippen LogP contribution in [0.4, 0.5) is 0 Å². The molecular formula is C34H22O3Se4. The van der Waals surface area contributed by atoms with Crippen LogP contribution in [0.2, 0.25) is 0 Å². The monoisotopic (exact) mass is 798 g/mol. The van der Waals surface area contributed by atoms with Crippen molar-refractivity contribution in [2.24, 2.45) is 0 Å². The van der Waals surface area contributed by atoms with Crippen molar-refractivity contribution >= 4 is 86.8 Å². The van der Waals surface area contributed by atoms with Crippen molar-refractivity contribution in [3.05, 3.63) is 162 Å². The van der Waals surface area contributed by atoms with Crippen LogP contribution in [0.5, 0.6) is 0 Å². The summed E-state index contributed by atoms with van der Waals surface area (Å²) in [6.45, 7) is 0. The second kappa shape index (κ2) is 13.4. The third kappa shape index (κ3) is 6.30. The Morgan fingerprint density at radius 2 is 0.756 bits per heavy atom. The van der Waals surface area contributed by atoms with E-state index < -0.39 is 11.9 Å². The third-order valence-corrected chi connectivity index (χ3v) is 18.3. The van der Waals surface area contributed by atoms with Crippen molar-refractivity contribution in [2.45, 2.75) is 0 Å². The van der Waals surface area contributed by atoms with Crippen LogP contribution in [0, 0.1) is 0 Å². The van der Waals surface area contributed by atoms with Gasteiger partial charge < -0.3 is 0 Å². The molecule has 2 aliphatic heterocycles. The summed E-state index contributed by atoms with van der Waals surface area (Å²) >= 11 is 0.0647. The van der Waals surface area contributed by atoms with E-state index in [0.717, 1.165) is 44.5 Å². The maximum absolute atomic E-state index is 13.9. The number of ether oxygens (including phenoxy) is 1. The molecule has 6 rings (SSSR count). The zero-order valence-corrected chi connectivity index (χ0v) is 28.4. The molecule has 0 aromatic heterocycles. The predicted octanol–water partition coefficient (Wildman–Crippen LogP) is 5.64. The van der Waals surface area contributed by atoms with Crippen LogP contribution in [-0.2, 0) is 14.3 Å². The van der Waals surface area contributed by atoms with E-state index in [1.54, 1.807) is 0 Å². The normalized spacial score (nSPS) is 15.2. The molecule has 0 N–H and O–H groups in total. The number of hydrogen-bond donors (Lipinski definition) is 0. The minimum absolute atomic E-state index is 0.0960. The molecule has 0 saturated carbocycles. The van der Waals surface area contributed by atoms with E-state index >= 15 is 0 Å². The van der Waals surface area contributed by atoms with E-state index in [0.29, 0.717) is 8.94 Å². The molecule has 0 atom stereocenters.